The van der Waals surface area contributed by atoms with Crippen molar-refractivity contribution in [3.8, 4) is 5.75 Å². The zero-order valence-corrected chi connectivity index (χ0v) is 17.2. The summed E-state index contributed by atoms with van der Waals surface area (Å²) >= 11 is 0. The summed E-state index contributed by atoms with van der Waals surface area (Å²) in [5.41, 5.74) is 2.32. The second-order valence-electron chi connectivity index (χ2n) is 7.39. The molecule has 0 saturated carbocycles. The van der Waals surface area contributed by atoms with Gasteiger partial charge >= 0.3 is 0 Å². The first-order chi connectivity index (χ1) is 13.9. The van der Waals surface area contributed by atoms with Crippen LogP contribution in [0, 0.1) is 6.92 Å². The van der Waals surface area contributed by atoms with Crippen LogP contribution in [0.2, 0.25) is 0 Å². The van der Waals surface area contributed by atoms with Crippen LogP contribution in [0.4, 0.5) is 0 Å². The van der Waals surface area contributed by atoms with Crippen LogP contribution in [0.1, 0.15) is 28.1 Å². The Labute approximate surface area is 170 Å². The summed E-state index contributed by atoms with van der Waals surface area (Å²) < 4.78 is 35.2. The summed E-state index contributed by atoms with van der Waals surface area (Å²) in [5, 5.41) is 0.888. The topological polar surface area (TPSA) is 76.8 Å². The Balaban J connectivity index is 1.70. The molecule has 152 valence electrons. The quantitative estimate of drug-likeness (QED) is 0.639. The summed E-state index contributed by atoms with van der Waals surface area (Å²) in [5.74, 6) is 0.793. The normalized spacial score (nSPS) is 18.1. The highest BCUT2D eigenvalue weighted by Crippen LogP contribution is 2.29. The van der Waals surface area contributed by atoms with Crippen LogP contribution in [-0.4, -0.2) is 43.9 Å². The van der Waals surface area contributed by atoms with Crippen LogP contribution in [0.3, 0.4) is 0 Å². The lowest BCUT2D eigenvalue weighted by atomic mass is 10.1. The van der Waals surface area contributed by atoms with Gasteiger partial charge in [-0.1, -0.05) is 30.3 Å². The molecule has 0 unspecified atom stereocenters. The molecule has 0 spiro atoms. The SMILES string of the molecule is COc1ccc(CN(C(=O)c2oc3ccccc3c2C)[C@H]2CCS(=O)(=O)C2)cc1. The first kappa shape index (κ1) is 19.5. The van der Waals surface area contributed by atoms with Crippen molar-refractivity contribution in [2.24, 2.45) is 0 Å². The first-order valence-corrected chi connectivity index (χ1v) is 11.3. The predicted octanol–water partition coefficient (Wildman–Crippen LogP) is 3.58. The Bertz CT molecular complexity index is 1150. The zero-order valence-electron chi connectivity index (χ0n) is 16.4. The molecule has 1 fully saturated rings. The molecule has 1 aromatic heterocycles. The second-order valence-corrected chi connectivity index (χ2v) is 9.62. The molecule has 1 atom stereocenters. The smallest absolute Gasteiger partial charge is 0.290 e. The van der Waals surface area contributed by atoms with E-state index in [1.54, 1.807) is 12.0 Å². The number of sulfone groups is 1. The van der Waals surface area contributed by atoms with E-state index in [2.05, 4.69) is 0 Å². The number of carbonyl (C=O) groups excluding carboxylic acids is 1. The van der Waals surface area contributed by atoms with Crippen LogP contribution < -0.4 is 4.74 Å². The second kappa shape index (κ2) is 7.55. The molecule has 3 aromatic rings. The number of nitrogens with zero attached hydrogens (tertiary/aromatic N) is 1. The van der Waals surface area contributed by atoms with Crippen LogP contribution in [0.25, 0.3) is 11.0 Å². The van der Waals surface area contributed by atoms with Gasteiger partial charge in [0, 0.05) is 23.5 Å². The third kappa shape index (κ3) is 3.87. The molecule has 4 rings (SSSR count). The number of aryl methyl sites for hydroxylation is 1. The largest absolute Gasteiger partial charge is 0.497 e. The van der Waals surface area contributed by atoms with Crippen molar-refractivity contribution in [3.63, 3.8) is 0 Å². The van der Waals surface area contributed by atoms with Gasteiger partial charge in [-0.15, -0.1) is 0 Å². The number of rotatable bonds is 5. The summed E-state index contributed by atoms with van der Waals surface area (Å²) in [6.45, 7) is 2.16. The molecule has 0 bridgehead atoms. The summed E-state index contributed by atoms with van der Waals surface area (Å²) in [6.07, 6.45) is 0.434. The van der Waals surface area contributed by atoms with Gasteiger partial charge in [-0.05, 0) is 37.1 Å². The van der Waals surface area contributed by atoms with Gasteiger partial charge in [0.2, 0.25) is 0 Å². The van der Waals surface area contributed by atoms with E-state index in [1.807, 2.05) is 55.5 Å². The Morgan fingerprint density at radius 2 is 1.90 bits per heavy atom. The van der Waals surface area contributed by atoms with Gasteiger partial charge < -0.3 is 14.1 Å². The van der Waals surface area contributed by atoms with Crippen molar-refractivity contribution in [3.05, 3.63) is 65.4 Å². The number of amides is 1. The van der Waals surface area contributed by atoms with Crippen molar-refractivity contribution < 1.29 is 22.4 Å². The Morgan fingerprint density at radius 3 is 2.52 bits per heavy atom. The third-order valence-electron chi connectivity index (χ3n) is 5.46. The van der Waals surface area contributed by atoms with Gasteiger partial charge in [0.1, 0.15) is 11.3 Å². The van der Waals surface area contributed by atoms with Crippen LogP contribution in [-0.2, 0) is 16.4 Å². The van der Waals surface area contributed by atoms with E-state index >= 15 is 0 Å². The number of hydrogen-bond donors (Lipinski definition) is 0. The maximum atomic E-state index is 13.5. The number of benzene rings is 2. The number of furan rings is 1. The molecule has 1 amide bonds. The maximum Gasteiger partial charge on any atom is 0.290 e. The van der Waals surface area contributed by atoms with Crippen molar-refractivity contribution in [1.29, 1.82) is 0 Å². The Hall–Kier alpha value is -2.80. The molecule has 0 radical (unpaired) electrons. The summed E-state index contributed by atoms with van der Waals surface area (Å²) in [6, 6.07) is 14.6. The third-order valence-corrected chi connectivity index (χ3v) is 7.21. The number of fused-ring (bicyclic) bond motifs is 1. The Kier molecular flexibility index (Phi) is 5.08. The maximum absolute atomic E-state index is 13.5. The average Bonchev–Trinajstić information content (AvgIpc) is 3.25. The zero-order chi connectivity index (χ0) is 20.6. The molecule has 0 aliphatic carbocycles. The number of hydrogen-bond acceptors (Lipinski definition) is 5. The number of ether oxygens (including phenoxy) is 1. The lowest BCUT2D eigenvalue weighted by Crippen LogP contribution is -2.40. The monoisotopic (exact) mass is 413 g/mol. The highest BCUT2D eigenvalue weighted by molar-refractivity contribution is 7.91. The molecule has 2 heterocycles. The van der Waals surface area contributed by atoms with Crippen molar-refractivity contribution >= 4 is 26.7 Å². The molecule has 0 N–H and O–H groups in total. The predicted molar refractivity (Wildman–Crippen MR) is 111 cm³/mol. The minimum absolute atomic E-state index is 0.0197. The van der Waals surface area contributed by atoms with Crippen LogP contribution >= 0.6 is 0 Å². The van der Waals surface area contributed by atoms with Gasteiger partial charge in [-0.2, -0.15) is 0 Å². The van der Waals surface area contributed by atoms with Crippen LogP contribution in [0.5, 0.6) is 5.75 Å². The lowest BCUT2D eigenvalue weighted by molar-refractivity contribution is 0.0649. The highest BCUT2D eigenvalue weighted by atomic mass is 32.2. The minimum atomic E-state index is -3.14. The molecule has 2 aromatic carbocycles. The van der Waals surface area contributed by atoms with E-state index < -0.39 is 9.84 Å². The Morgan fingerprint density at radius 1 is 1.17 bits per heavy atom. The van der Waals surface area contributed by atoms with Gasteiger partial charge in [0.25, 0.3) is 5.91 Å². The lowest BCUT2D eigenvalue weighted by Gasteiger charge is -2.28. The van der Waals surface area contributed by atoms with E-state index in [0.717, 1.165) is 22.3 Å². The van der Waals surface area contributed by atoms with E-state index in [9.17, 15) is 13.2 Å². The van der Waals surface area contributed by atoms with E-state index in [-0.39, 0.29) is 29.2 Å². The number of carbonyl (C=O) groups is 1. The highest BCUT2D eigenvalue weighted by Gasteiger charge is 2.36. The number of para-hydroxylation sites is 1. The fraction of sp³-hybridized carbons (Fsp3) is 0.318. The number of methoxy groups -OCH3 is 1. The molecular weight excluding hydrogens is 390 g/mol. The molecule has 29 heavy (non-hydrogen) atoms. The first-order valence-electron chi connectivity index (χ1n) is 9.50. The van der Waals surface area contributed by atoms with E-state index in [0.29, 0.717) is 18.5 Å². The van der Waals surface area contributed by atoms with Gasteiger partial charge in [-0.25, -0.2) is 8.42 Å². The van der Waals surface area contributed by atoms with Crippen molar-refractivity contribution in [1.82, 2.24) is 4.90 Å². The minimum Gasteiger partial charge on any atom is -0.497 e. The van der Waals surface area contributed by atoms with Gasteiger partial charge in [0.15, 0.2) is 15.6 Å². The summed E-state index contributed by atoms with van der Waals surface area (Å²) in [7, 11) is -1.54. The average molecular weight is 413 g/mol. The molecule has 1 aliphatic heterocycles. The van der Waals surface area contributed by atoms with Crippen molar-refractivity contribution in [2.45, 2.75) is 25.9 Å². The molecule has 6 nitrogen and oxygen atoms in total. The molecule has 7 heteroatoms. The molecular formula is C22H23NO5S. The van der Waals surface area contributed by atoms with Crippen LogP contribution in [0.15, 0.2) is 52.9 Å². The van der Waals surface area contributed by atoms with E-state index in [4.69, 9.17) is 9.15 Å². The molecule has 1 aliphatic rings. The summed E-state index contributed by atoms with van der Waals surface area (Å²) in [4.78, 5) is 15.1. The van der Waals surface area contributed by atoms with Crippen molar-refractivity contribution in [2.75, 3.05) is 18.6 Å². The fourth-order valence-electron chi connectivity index (χ4n) is 3.82. The van der Waals surface area contributed by atoms with E-state index in [1.165, 1.54) is 0 Å². The molecule has 1 saturated heterocycles. The van der Waals surface area contributed by atoms with Gasteiger partial charge in [-0.3, -0.25) is 4.79 Å². The van der Waals surface area contributed by atoms with Gasteiger partial charge in [0.05, 0.1) is 18.6 Å². The standard InChI is InChI=1S/C22H23NO5S/c1-15-19-5-3-4-6-20(19)28-21(15)22(24)23(17-11-12-29(25,26)14-17)13-16-7-9-18(27-2)10-8-16/h3-10,17H,11-14H2,1-2H3/t17-/m0/s1. The fourth-order valence-corrected chi connectivity index (χ4v) is 5.56.